The van der Waals surface area contributed by atoms with Crippen LogP contribution in [0.15, 0.2) is 148 Å². The number of hydrazine groups is 1. The summed E-state index contributed by atoms with van der Waals surface area (Å²) in [5, 5.41) is 29.5. The van der Waals surface area contributed by atoms with E-state index >= 15 is 0 Å². The van der Waals surface area contributed by atoms with E-state index < -0.39 is 155 Å². The molecule has 0 bridgehead atoms. The van der Waals surface area contributed by atoms with Crippen LogP contribution in [0.1, 0.15) is 31.8 Å². The molecule has 0 aliphatic heterocycles. The van der Waals surface area contributed by atoms with Crippen LogP contribution in [-0.4, -0.2) is 110 Å². The van der Waals surface area contributed by atoms with Crippen molar-refractivity contribution in [2.24, 2.45) is 10.2 Å². The van der Waals surface area contributed by atoms with Gasteiger partial charge in [-0.2, -0.15) is 52.3 Å². The summed E-state index contributed by atoms with van der Waals surface area (Å²) in [7, 11) is -25.3. The third kappa shape index (κ3) is 10.2. The molecule has 8 rings (SSSR count). The second-order valence-corrected chi connectivity index (χ2v) is 22.6. The van der Waals surface area contributed by atoms with E-state index in [0.717, 1.165) is 60.7 Å². The molecule has 0 spiro atoms. The molecule has 0 atom stereocenters. The monoisotopic (exact) mass is 1110 g/mol. The third-order valence-electron chi connectivity index (χ3n) is 10.8. The first kappa shape index (κ1) is 52.0. The zero-order valence-electron chi connectivity index (χ0n) is 36.1. The quantitative estimate of drug-likeness (QED) is 0.0519. The minimum atomic E-state index is -5.38. The SMILES string of the molecule is O=C1C=C(S(=O)(=O)O)C=C2C(=O)C(N/N=C3/C(=O)c4ccc(S(=O)(=O)O)cc4C=C3S(=O)(=O)O)=C(NNc3ccc(-c4ccc(N/N=C5/C(=O)c6ccc(S(=O)(=O)O)cc6C=C5S(=O)(=O)O)c(O)c4)cc3O)C=C12. The topological polar surface area (TPSA) is 453 Å². The van der Waals surface area contributed by atoms with Crippen LogP contribution in [-0.2, 0) is 60.2 Å². The summed E-state index contributed by atoms with van der Waals surface area (Å²) < 4.78 is 169. The van der Waals surface area contributed by atoms with Crippen molar-refractivity contribution in [3.63, 3.8) is 0 Å². The van der Waals surface area contributed by atoms with Gasteiger partial charge in [0.15, 0.2) is 17.2 Å². The Bertz CT molecular complexity index is 4190. The van der Waals surface area contributed by atoms with Gasteiger partial charge in [0.2, 0.25) is 17.3 Å². The number of aromatic hydroxyl groups is 2. The summed E-state index contributed by atoms with van der Waals surface area (Å²) in [6, 6.07) is 12.6. The minimum absolute atomic E-state index is 0.170. The molecule has 27 nitrogen and oxygen atoms in total. The zero-order chi connectivity index (χ0) is 54.2. The molecule has 0 radical (unpaired) electrons. The van der Waals surface area contributed by atoms with Crippen molar-refractivity contribution in [3.05, 3.63) is 151 Å². The van der Waals surface area contributed by atoms with Gasteiger partial charge in [0.1, 0.15) is 27.0 Å². The molecule has 0 fully saturated rings. The number of phenolic OH excluding ortho intramolecular Hbond substituents is 2. The number of allylic oxidation sites excluding steroid dienone is 7. The minimum Gasteiger partial charge on any atom is -0.506 e. The summed E-state index contributed by atoms with van der Waals surface area (Å²) in [6.07, 6.45) is 3.46. The van der Waals surface area contributed by atoms with Crippen LogP contribution in [0, 0.1) is 0 Å². The summed E-state index contributed by atoms with van der Waals surface area (Å²) in [4.78, 5) is 49.3. The highest BCUT2D eigenvalue weighted by atomic mass is 32.2. The average Bonchev–Trinajstić information content (AvgIpc) is 3.29. The van der Waals surface area contributed by atoms with Gasteiger partial charge < -0.3 is 10.2 Å². The van der Waals surface area contributed by atoms with Gasteiger partial charge in [-0.05, 0) is 107 Å². The van der Waals surface area contributed by atoms with E-state index in [4.69, 9.17) is 0 Å². The molecule has 382 valence electrons. The van der Waals surface area contributed by atoms with Crippen LogP contribution in [0.5, 0.6) is 11.5 Å². The molecule has 0 unspecified atom stereocenters. The number of carbonyl (C=O) groups is 4. The lowest BCUT2D eigenvalue weighted by Gasteiger charge is -2.24. The second kappa shape index (κ2) is 18.3. The van der Waals surface area contributed by atoms with Crippen molar-refractivity contribution in [1.29, 1.82) is 0 Å². The first-order chi connectivity index (χ1) is 34.3. The highest BCUT2D eigenvalue weighted by molar-refractivity contribution is 7.91. The van der Waals surface area contributed by atoms with Gasteiger partial charge in [0, 0.05) is 28.3 Å². The van der Waals surface area contributed by atoms with E-state index in [1.165, 1.54) is 24.3 Å². The molecule has 4 aliphatic rings. The highest BCUT2D eigenvalue weighted by Gasteiger charge is 2.38. The molecule has 0 saturated carbocycles. The van der Waals surface area contributed by atoms with E-state index in [9.17, 15) is 94.2 Å². The average molecular weight is 1110 g/mol. The van der Waals surface area contributed by atoms with Gasteiger partial charge in [-0.1, -0.05) is 12.1 Å². The molecule has 4 aromatic rings. The molecule has 74 heavy (non-hydrogen) atoms. The van der Waals surface area contributed by atoms with E-state index in [2.05, 4.69) is 31.9 Å². The Balaban J connectivity index is 1.08. The molecular formula is C42H28N6O21S5. The number of nitrogens with one attached hydrogen (secondary N) is 4. The van der Waals surface area contributed by atoms with E-state index in [1.807, 2.05) is 0 Å². The van der Waals surface area contributed by atoms with Crippen LogP contribution < -0.4 is 21.7 Å². The molecule has 11 N–H and O–H groups in total. The molecule has 32 heteroatoms. The standard InChI is InChI=1S/C42H28N6O21S5/c49-32-16-24(72(61,62)63)15-28-27(32)17-31(37(42(28)54)46-48-39-36(74(67,68)69)14-21-10-23(71(58,59)60)4-6-26(21)41(39)53)45-43-29-7-1-18(11-33(29)50)19-2-8-30(34(51)12-19)44-47-38-35(73(64,65)66)13-20-9-22(70(55,56)57)3-5-25(20)40(38)52/h1-17,43-46,50-51H,(H,55,56,57)(H,58,59,60)(H,61,62,63)(H,64,65,66)(H,67,68,69)/b47-38+,48-39+. The van der Waals surface area contributed by atoms with E-state index in [-0.39, 0.29) is 33.6 Å². The molecule has 0 amide bonds. The molecule has 4 aliphatic carbocycles. The van der Waals surface area contributed by atoms with Gasteiger partial charge in [0.25, 0.3) is 50.6 Å². The van der Waals surface area contributed by atoms with Crippen molar-refractivity contribution < 1.29 is 94.2 Å². The Morgan fingerprint density at radius 1 is 0.432 bits per heavy atom. The maximum atomic E-state index is 14.0. The molecule has 0 heterocycles. The Kier molecular flexibility index (Phi) is 12.9. The fraction of sp³-hybridized carbons (Fsp3) is 0. The number of anilines is 2. The highest BCUT2D eigenvalue weighted by Crippen LogP contribution is 2.36. The van der Waals surface area contributed by atoms with Crippen LogP contribution in [0.2, 0.25) is 0 Å². The largest absolute Gasteiger partial charge is 0.506 e. The number of hydrazone groups is 2. The van der Waals surface area contributed by atoms with Crippen molar-refractivity contribution >= 4 is 109 Å². The summed E-state index contributed by atoms with van der Waals surface area (Å²) in [5.74, 6) is -5.84. The number of carbonyl (C=O) groups excluding carboxylic acids is 4. The lowest BCUT2D eigenvalue weighted by Crippen LogP contribution is -2.35. The Morgan fingerprint density at radius 2 is 0.905 bits per heavy atom. The lowest BCUT2D eigenvalue weighted by molar-refractivity contribution is -0.115. The van der Waals surface area contributed by atoms with Gasteiger partial charge in [0.05, 0.1) is 31.8 Å². The summed E-state index contributed by atoms with van der Waals surface area (Å²) >= 11 is 0. The van der Waals surface area contributed by atoms with Gasteiger partial charge in [-0.25, -0.2) is 0 Å². The second-order valence-electron chi connectivity index (χ2n) is 15.6. The van der Waals surface area contributed by atoms with Crippen molar-refractivity contribution in [3.8, 4) is 22.6 Å². The van der Waals surface area contributed by atoms with Crippen molar-refractivity contribution in [1.82, 2.24) is 10.9 Å². The number of Topliss-reactive ketones (excluding diaryl/α,β-unsaturated/α-hetero) is 3. The summed E-state index contributed by atoms with van der Waals surface area (Å²) in [5.41, 5.74) is 3.97. The van der Waals surface area contributed by atoms with Crippen LogP contribution in [0.3, 0.4) is 0 Å². The smallest absolute Gasteiger partial charge is 0.296 e. The lowest BCUT2D eigenvalue weighted by atomic mass is 9.87. The Hall–Kier alpha value is -8.31. The van der Waals surface area contributed by atoms with E-state index in [1.54, 1.807) is 0 Å². The zero-order valence-corrected chi connectivity index (χ0v) is 40.2. The molecular weight excluding hydrogens is 1080 g/mol. The maximum Gasteiger partial charge on any atom is 0.296 e. The molecule has 4 aromatic carbocycles. The van der Waals surface area contributed by atoms with Crippen molar-refractivity contribution in [2.75, 3.05) is 10.9 Å². The number of nitrogens with zero attached hydrogens (tertiary/aromatic N) is 2. The first-order valence-electron chi connectivity index (χ1n) is 19.8. The van der Waals surface area contributed by atoms with Gasteiger partial charge >= 0.3 is 0 Å². The molecule has 0 saturated heterocycles. The number of benzene rings is 4. The number of phenols is 2. The van der Waals surface area contributed by atoms with Crippen LogP contribution >= 0.6 is 0 Å². The predicted molar refractivity (Wildman–Crippen MR) is 257 cm³/mol. The van der Waals surface area contributed by atoms with Crippen LogP contribution in [0.4, 0.5) is 11.4 Å². The fourth-order valence-corrected chi connectivity index (χ4v) is 10.2. The third-order valence-corrected chi connectivity index (χ3v) is 15.1. The van der Waals surface area contributed by atoms with Crippen LogP contribution in [0.25, 0.3) is 23.3 Å². The Morgan fingerprint density at radius 3 is 1.35 bits per heavy atom. The molecule has 0 aromatic heterocycles. The van der Waals surface area contributed by atoms with Gasteiger partial charge in [-0.15, -0.1) is 0 Å². The summed E-state index contributed by atoms with van der Waals surface area (Å²) in [6.45, 7) is 0. The van der Waals surface area contributed by atoms with Gasteiger partial charge in [-0.3, -0.25) is 63.6 Å². The normalized spacial score (nSPS) is 17.3. The number of ketones is 4. The fourth-order valence-electron chi connectivity index (χ4n) is 7.31. The van der Waals surface area contributed by atoms with Crippen molar-refractivity contribution in [2.45, 2.75) is 9.79 Å². The van der Waals surface area contributed by atoms with E-state index in [0.29, 0.717) is 18.2 Å². The number of rotatable bonds is 13. The number of fused-ring (bicyclic) bond motifs is 3. The first-order valence-corrected chi connectivity index (χ1v) is 27.0. The maximum absolute atomic E-state index is 14.0. The number of hydrogen-bond donors (Lipinski definition) is 11. The predicted octanol–water partition coefficient (Wildman–Crippen LogP) is 2.14. The Labute approximate surface area is 415 Å². The number of hydrogen-bond acceptors (Lipinski definition) is 22.